The van der Waals surface area contributed by atoms with Crippen LogP contribution in [0.15, 0.2) is 27.5 Å². The third-order valence-electron chi connectivity index (χ3n) is 3.30. The van der Waals surface area contributed by atoms with Gasteiger partial charge in [-0.2, -0.15) is 4.98 Å². The van der Waals surface area contributed by atoms with E-state index in [1.54, 1.807) is 12.5 Å². The van der Waals surface area contributed by atoms with Gasteiger partial charge in [0.2, 0.25) is 11.7 Å². The maximum Gasteiger partial charge on any atom is 0.228 e. The van der Waals surface area contributed by atoms with Crippen LogP contribution >= 0.6 is 0 Å². The lowest BCUT2D eigenvalue weighted by Crippen LogP contribution is -2.33. The summed E-state index contributed by atoms with van der Waals surface area (Å²) in [5.41, 5.74) is 0.858. The number of hydrogen-bond donors (Lipinski definition) is 1. The molecule has 1 fully saturated rings. The first kappa shape index (κ1) is 11.5. The zero-order chi connectivity index (χ0) is 12.4. The topological polar surface area (TPSA) is 64.1 Å². The summed E-state index contributed by atoms with van der Waals surface area (Å²) in [5.74, 6) is 2.07. The van der Waals surface area contributed by atoms with Crippen LogP contribution in [0.4, 0.5) is 0 Å². The van der Waals surface area contributed by atoms with Crippen molar-refractivity contribution in [1.29, 1.82) is 0 Å². The van der Waals surface area contributed by atoms with E-state index in [0.29, 0.717) is 17.8 Å². The average molecular weight is 247 g/mol. The first-order valence-electron chi connectivity index (χ1n) is 6.45. The number of nitrogens with one attached hydrogen (secondary N) is 1. The quantitative estimate of drug-likeness (QED) is 0.848. The smallest absolute Gasteiger partial charge is 0.228 e. The summed E-state index contributed by atoms with van der Waals surface area (Å²) in [6.45, 7) is 3.10. The van der Waals surface area contributed by atoms with Gasteiger partial charge in [-0.15, -0.1) is 0 Å². The highest BCUT2D eigenvalue weighted by Crippen LogP contribution is 2.34. The molecular formula is C13H17N3O2. The van der Waals surface area contributed by atoms with E-state index in [1.165, 1.54) is 12.8 Å². The number of hydrogen-bond acceptors (Lipinski definition) is 5. The Morgan fingerprint density at radius 3 is 3.06 bits per heavy atom. The molecule has 0 saturated heterocycles. The van der Waals surface area contributed by atoms with Gasteiger partial charge in [0.1, 0.15) is 6.26 Å². The van der Waals surface area contributed by atoms with E-state index in [2.05, 4.69) is 22.4 Å². The molecule has 96 valence electrons. The minimum atomic E-state index is 0.465. The van der Waals surface area contributed by atoms with Gasteiger partial charge in [-0.1, -0.05) is 12.1 Å². The van der Waals surface area contributed by atoms with E-state index >= 15 is 0 Å². The summed E-state index contributed by atoms with van der Waals surface area (Å²) in [4.78, 5) is 4.41. The Labute approximate surface area is 106 Å². The summed E-state index contributed by atoms with van der Waals surface area (Å²) in [7, 11) is 0. The van der Waals surface area contributed by atoms with E-state index in [1.807, 2.05) is 6.07 Å². The van der Waals surface area contributed by atoms with Crippen molar-refractivity contribution >= 4 is 0 Å². The zero-order valence-electron chi connectivity index (χ0n) is 10.4. The van der Waals surface area contributed by atoms with Crippen molar-refractivity contribution in [1.82, 2.24) is 15.5 Å². The fourth-order valence-electron chi connectivity index (χ4n) is 2.20. The molecule has 0 bridgehead atoms. The molecule has 0 amide bonds. The highest BCUT2D eigenvalue weighted by Gasteiger charge is 2.31. The van der Waals surface area contributed by atoms with Crippen LogP contribution in [0, 0.1) is 5.92 Å². The molecule has 1 saturated carbocycles. The first-order valence-corrected chi connectivity index (χ1v) is 6.45. The van der Waals surface area contributed by atoms with Crippen molar-refractivity contribution in [3.63, 3.8) is 0 Å². The van der Waals surface area contributed by atoms with E-state index in [9.17, 15) is 0 Å². The van der Waals surface area contributed by atoms with Crippen LogP contribution in [0.2, 0.25) is 0 Å². The molecule has 18 heavy (non-hydrogen) atoms. The van der Waals surface area contributed by atoms with E-state index < -0.39 is 0 Å². The predicted octanol–water partition coefficient (Wildman–Crippen LogP) is 2.26. The Morgan fingerprint density at radius 1 is 1.50 bits per heavy atom. The van der Waals surface area contributed by atoms with Gasteiger partial charge >= 0.3 is 0 Å². The number of rotatable bonds is 6. The van der Waals surface area contributed by atoms with Crippen LogP contribution in [0.1, 0.15) is 25.7 Å². The number of likely N-dealkylation sites (N-methyl/N-ethyl adjacent to an activating group) is 1. The standard InChI is InChI=1S/C13H17N3O2/c1-2-14-11(9-3-4-9)7-12-15-13(16-18-12)10-5-6-17-8-10/h5-6,8-9,11,14H,2-4,7H2,1H3. The molecule has 5 heteroatoms. The van der Waals surface area contributed by atoms with Crippen molar-refractivity contribution in [3.8, 4) is 11.4 Å². The van der Waals surface area contributed by atoms with Gasteiger partial charge in [0.05, 0.1) is 11.8 Å². The van der Waals surface area contributed by atoms with Crippen LogP contribution in [0.5, 0.6) is 0 Å². The Bertz CT molecular complexity index is 488. The maximum absolute atomic E-state index is 5.30. The SMILES string of the molecule is CCNC(Cc1nc(-c2ccoc2)no1)C1CC1. The molecule has 1 unspecified atom stereocenters. The van der Waals surface area contributed by atoms with Crippen molar-refractivity contribution in [2.45, 2.75) is 32.2 Å². The van der Waals surface area contributed by atoms with Gasteiger partial charge < -0.3 is 14.3 Å². The first-order chi connectivity index (χ1) is 8.86. The molecule has 0 aliphatic heterocycles. The highest BCUT2D eigenvalue weighted by atomic mass is 16.5. The van der Waals surface area contributed by atoms with Crippen molar-refractivity contribution in [2.75, 3.05) is 6.54 Å². The zero-order valence-corrected chi connectivity index (χ0v) is 10.4. The second-order valence-electron chi connectivity index (χ2n) is 4.73. The molecule has 2 heterocycles. The second-order valence-corrected chi connectivity index (χ2v) is 4.73. The molecule has 2 aromatic heterocycles. The van der Waals surface area contributed by atoms with Crippen molar-refractivity contribution in [2.24, 2.45) is 5.92 Å². The Kier molecular flexibility index (Phi) is 3.15. The highest BCUT2D eigenvalue weighted by molar-refractivity contribution is 5.51. The largest absolute Gasteiger partial charge is 0.472 e. The Morgan fingerprint density at radius 2 is 2.39 bits per heavy atom. The lowest BCUT2D eigenvalue weighted by atomic mass is 10.1. The molecule has 1 aliphatic rings. The summed E-state index contributed by atoms with van der Waals surface area (Å²) in [5, 5.41) is 7.47. The van der Waals surface area contributed by atoms with Crippen LogP contribution in [-0.2, 0) is 6.42 Å². The Balaban J connectivity index is 1.69. The van der Waals surface area contributed by atoms with Crippen LogP contribution in [0.25, 0.3) is 11.4 Å². The fraction of sp³-hybridized carbons (Fsp3) is 0.538. The number of nitrogens with zero attached hydrogens (tertiary/aromatic N) is 2. The Hall–Kier alpha value is -1.62. The van der Waals surface area contributed by atoms with E-state index in [4.69, 9.17) is 8.94 Å². The second kappa shape index (κ2) is 4.94. The minimum Gasteiger partial charge on any atom is -0.472 e. The molecule has 5 nitrogen and oxygen atoms in total. The molecule has 1 N–H and O–H groups in total. The average Bonchev–Trinajstić information content (AvgIpc) is 2.90. The number of aromatic nitrogens is 2. The van der Waals surface area contributed by atoms with Gasteiger partial charge in [-0.3, -0.25) is 0 Å². The maximum atomic E-state index is 5.30. The third kappa shape index (κ3) is 2.46. The monoisotopic (exact) mass is 247 g/mol. The predicted molar refractivity (Wildman–Crippen MR) is 65.9 cm³/mol. The minimum absolute atomic E-state index is 0.465. The van der Waals surface area contributed by atoms with Crippen LogP contribution in [-0.4, -0.2) is 22.7 Å². The third-order valence-corrected chi connectivity index (χ3v) is 3.30. The molecular weight excluding hydrogens is 230 g/mol. The molecule has 0 radical (unpaired) electrons. The molecule has 0 aromatic carbocycles. The van der Waals surface area contributed by atoms with Crippen molar-refractivity contribution in [3.05, 3.63) is 24.5 Å². The molecule has 1 aliphatic carbocycles. The summed E-state index contributed by atoms with van der Waals surface area (Å²) < 4.78 is 10.3. The van der Waals surface area contributed by atoms with Gasteiger partial charge in [0, 0.05) is 12.5 Å². The van der Waals surface area contributed by atoms with E-state index in [0.717, 1.165) is 24.4 Å². The normalized spacial score (nSPS) is 16.9. The summed E-state index contributed by atoms with van der Waals surface area (Å²) in [6, 6.07) is 2.30. The molecule has 3 rings (SSSR count). The van der Waals surface area contributed by atoms with Crippen LogP contribution in [0.3, 0.4) is 0 Å². The van der Waals surface area contributed by atoms with Crippen molar-refractivity contribution < 1.29 is 8.94 Å². The molecule has 2 aromatic rings. The summed E-state index contributed by atoms with van der Waals surface area (Å²) >= 11 is 0. The van der Waals surface area contributed by atoms with Crippen LogP contribution < -0.4 is 5.32 Å². The molecule has 1 atom stereocenters. The number of furan rings is 1. The van der Waals surface area contributed by atoms with Gasteiger partial charge in [0.15, 0.2) is 0 Å². The molecule has 0 spiro atoms. The fourth-order valence-corrected chi connectivity index (χ4v) is 2.20. The van der Waals surface area contributed by atoms with Gasteiger partial charge in [-0.05, 0) is 31.4 Å². The lowest BCUT2D eigenvalue weighted by Gasteiger charge is -2.14. The van der Waals surface area contributed by atoms with E-state index in [-0.39, 0.29) is 0 Å². The summed E-state index contributed by atoms with van der Waals surface area (Å²) in [6.07, 6.45) is 6.65. The van der Waals surface area contributed by atoms with Gasteiger partial charge in [0.25, 0.3) is 0 Å². The van der Waals surface area contributed by atoms with Gasteiger partial charge in [-0.25, -0.2) is 0 Å². The lowest BCUT2D eigenvalue weighted by molar-refractivity contribution is 0.348.